The Balaban J connectivity index is 1.25. The third-order valence-electron chi connectivity index (χ3n) is 9.11. The number of halogens is 2. The van der Waals surface area contributed by atoms with Crippen LogP contribution in [0.5, 0.6) is 23.0 Å². The van der Waals surface area contributed by atoms with Crippen LogP contribution in [0.25, 0.3) is 22.3 Å². The molecule has 0 unspecified atom stereocenters. The van der Waals surface area contributed by atoms with Crippen LogP contribution >= 0.6 is 0 Å². The lowest BCUT2D eigenvalue weighted by Crippen LogP contribution is -2.57. The third-order valence-corrected chi connectivity index (χ3v) is 9.11. The van der Waals surface area contributed by atoms with Crippen LogP contribution in [-0.2, 0) is 0 Å². The van der Waals surface area contributed by atoms with Gasteiger partial charge >= 0.3 is 0 Å². The zero-order chi connectivity index (χ0) is 32.2. The lowest BCUT2D eigenvalue weighted by molar-refractivity contribution is 0.465. The van der Waals surface area contributed by atoms with Crippen LogP contribution in [0.2, 0.25) is 0 Å². The summed E-state index contributed by atoms with van der Waals surface area (Å²) in [4.78, 5) is 1.95. The van der Waals surface area contributed by atoms with E-state index in [2.05, 4.69) is 60.7 Å². The molecule has 0 spiro atoms. The van der Waals surface area contributed by atoms with Gasteiger partial charge in [0.1, 0.15) is 34.6 Å². The van der Waals surface area contributed by atoms with Gasteiger partial charge in [-0.3, -0.25) is 0 Å². The predicted octanol–water partition coefficient (Wildman–Crippen LogP) is 9.50. The Kier molecular flexibility index (Phi) is 6.61. The summed E-state index contributed by atoms with van der Waals surface area (Å²) in [5.41, 5.74) is 9.51. The van der Waals surface area contributed by atoms with Gasteiger partial charge in [0.05, 0.1) is 5.69 Å². The van der Waals surface area contributed by atoms with Crippen molar-refractivity contribution < 1.29 is 18.3 Å². The molecule has 2 aliphatic heterocycles. The van der Waals surface area contributed by atoms with E-state index in [-0.39, 0.29) is 18.3 Å². The van der Waals surface area contributed by atoms with Crippen molar-refractivity contribution in [2.75, 3.05) is 4.90 Å². The van der Waals surface area contributed by atoms with Crippen LogP contribution in [0.4, 0.5) is 25.8 Å². The first kappa shape index (κ1) is 28.1. The van der Waals surface area contributed by atoms with E-state index in [0.29, 0.717) is 22.9 Å². The fourth-order valence-corrected chi connectivity index (χ4v) is 6.86. The molecule has 0 aliphatic carbocycles. The van der Waals surface area contributed by atoms with E-state index in [0.717, 1.165) is 55.8 Å². The molecule has 0 fully saturated rings. The molecule has 48 heavy (non-hydrogen) atoms. The maximum absolute atomic E-state index is 14.1. The summed E-state index contributed by atoms with van der Waals surface area (Å²) in [6.45, 7) is -0.128. The quantitative estimate of drug-likeness (QED) is 0.178. The van der Waals surface area contributed by atoms with Crippen LogP contribution in [0.3, 0.4) is 0 Å². The van der Waals surface area contributed by atoms with Gasteiger partial charge in [0.25, 0.3) is 6.71 Å². The van der Waals surface area contributed by atoms with E-state index in [1.807, 2.05) is 53.4 Å². The molecule has 0 atom stereocenters. The number of benzene rings is 7. The smallest absolute Gasteiger partial charge is 0.260 e. The highest BCUT2D eigenvalue weighted by Crippen LogP contribution is 2.43. The molecule has 0 N–H and O–H groups in total. The average Bonchev–Trinajstić information content (AvgIpc) is 3.13. The minimum atomic E-state index is -0.343. The van der Waals surface area contributed by atoms with E-state index in [4.69, 9.17) is 9.47 Å². The highest BCUT2D eigenvalue weighted by molar-refractivity contribution is 6.98. The van der Waals surface area contributed by atoms with Crippen LogP contribution in [0, 0.1) is 11.6 Å². The van der Waals surface area contributed by atoms with Gasteiger partial charge in [-0.15, -0.1) is 0 Å². The first-order valence-corrected chi connectivity index (χ1v) is 15.8. The van der Waals surface area contributed by atoms with Crippen LogP contribution in [-0.4, -0.2) is 6.71 Å². The second-order valence-electron chi connectivity index (χ2n) is 12.0. The molecule has 0 aromatic heterocycles. The van der Waals surface area contributed by atoms with Crippen molar-refractivity contribution in [3.05, 3.63) is 169 Å². The minimum absolute atomic E-state index is 0.128. The second kappa shape index (κ2) is 11.3. The van der Waals surface area contributed by atoms with Gasteiger partial charge in [-0.25, -0.2) is 8.78 Å². The van der Waals surface area contributed by atoms with Gasteiger partial charge in [-0.05, 0) is 93.8 Å². The number of ether oxygens (including phenoxy) is 2. The molecular formula is C42H26BF2NO2. The molecule has 0 saturated carbocycles. The molecule has 0 radical (unpaired) electrons. The second-order valence-corrected chi connectivity index (χ2v) is 12.0. The SMILES string of the molecule is Fc1ccc(N(c2ccc(F)cc2)c2cc3c4c(c2)Oc2cc(-c5ccccc5)ccc2B4c2ccc(-c4ccccc4)cc2O3)cc1. The topological polar surface area (TPSA) is 21.7 Å². The Morgan fingerprint density at radius 2 is 0.833 bits per heavy atom. The number of nitrogens with zero attached hydrogens (tertiary/aromatic N) is 1. The van der Waals surface area contributed by atoms with Crippen molar-refractivity contribution in [2.24, 2.45) is 0 Å². The lowest BCUT2D eigenvalue weighted by Gasteiger charge is -2.35. The molecule has 3 nitrogen and oxygen atoms in total. The molecule has 0 amide bonds. The van der Waals surface area contributed by atoms with E-state index < -0.39 is 0 Å². The summed E-state index contributed by atoms with van der Waals surface area (Å²) < 4.78 is 41.7. The molecule has 7 aromatic rings. The van der Waals surface area contributed by atoms with Gasteiger partial charge in [0.15, 0.2) is 0 Å². The van der Waals surface area contributed by atoms with Crippen molar-refractivity contribution in [2.45, 2.75) is 0 Å². The maximum Gasteiger partial charge on any atom is 0.260 e. The summed E-state index contributed by atoms with van der Waals surface area (Å²) in [6.07, 6.45) is 0. The zero-order valence-electron chi connectivity index (χ0n) is 25.6. The molecule has 0 bridgehead atoms. The van der Waals surface area contributed by atoms with Crippen molar-refractivity contribution in [1.29, 1.82) is 0 Å². The van der Waals surface area contributed by atoms with Gasteiger partial charge < -0.3 is 14.4 Å². The Labute approximate surface area is 277 Å². The molecular weight excluding hydrogens is 599 g/mol. The number of rotatable bonds is 5. The highest BCUT2D eigenvalue weighted by atomic mass is 19.1. The molecule has 2 aliphatic rings. The Morgan fingerprint density at radius 1 is 0.396 bits per heavy atom. The van der Waals surface area contributed by atoms with E-state index >= 15 is 0 Å². The number of fused-ring (bicyclic) bond motifs is 4. The van der Waals surface area contributed by atoms with E-state index in [1.54, 1.807) is 24.3 Å². The third kappa shape index (κ3) is 4.81. The summed E-state index contributed by atoms with van der Waals surface area (Å²) in [7, 11) is 0. The monoisotopic (exact) mass is 625 g/mol. The van der Waals surface area contributed by atoms with Gasteiger partial charge in [0, 0.05) is 29.0 Å². The Hall–Kier alpha value is -6.14. The lowest BCUT2D eigenvalue weighted by atomic mass is 9.34. The molecule has 9 rings (SSSR count). The number of hydrogen-bond donors (Lipinski definition) is 0. The van der Waals surface area contributed by atoms with Crippen molar-refractivity contribution in [3.8, 4) is 45.3 Å². The van der Waals surface area contributed by atoms with Gasteiger partial charge in [-0.2, -0.15) is 0 Å². The van der Waals surface area contributed by atoms with Gasteiger partial charge in [-0.1, -0.05) is 84.9 Å². The van der Waals surface area contributed by atoms with Crippen LogP contribution < -0.4 is 30.8 Å². The number of hydrogen-bond acceptors (Lipinski definition) is 3. The normalized spacial score (nSPS) is 12.2. The number of anilines is 3. The highest BCUT2D eigenvalue weighted by Gasteiger charge is 2.41. The zero-order valence-corrected chi connectivity index (χ0v) is 25.6. The van der Waals surface area contributed by atoms with E-state index in [9.17, 15) is 8.78 Å². The Bertz CT molecular complexity index is 2150. The van der Waals surface area contributed by atoms with Crippen LogP contribution in [0.1, 0.15) is 0 Å². The van der Waals surface area contributed by atoms with Crippen molar-refractivity contribution in [1.82, 2.24) is 0 Å². The van der Waals surface area contributed by atoms with E-state index in [1.165, 1.54) is 24.3 Å². The predicted molar refractivity (Wildman–Crippen MR) is 190 cm³/mol. The van der Waals surface area contributed by atoms with Gasteiger partial charge in [0.2, 0.25) is 0 Å². The fraction of sp³-hybridized carbons (Fsp3) is 0. The molecule has 228 valence electrons. The first-order chi connectivity index (χ1) is 23.6. The minimum Gasteiger partial charge on any atom is -0.458 e. The molecule has 7 aromatic carbocycles. The summed E-state index contributed by atoms with van der Waals surface area (Å²) in [5.74, 6) is 2.18. The van der Waals surface area contributed by atoms with Crippen molar-refractivity contribution in [3.63, 3.8) is 0 Å². The van der Waals surface area contributed by atoms with Crippen LogP contribution in [0.15, 0.2) is 158 Å². The summed E-state index contributed by atoms with van der Waals surface area (Å²) in [5, 5.41) is 0. The van der Waals surface area contributed by atoms with Crippen molar-refractivity contribution >= 4 is 40.2 Å². The maximum atomic E-state index is 14.1. The standard InChI is InChI=1S/C42H26BF2NO2/c44-31-13-17-33(18-14-31)46(34-19-15-32(45)16-20-34)35-25-40-42-41(26-35)48-39-24-30(28-9-5-2-6-10-28)12-22-37(39)43(42)36-21-11-29(23-38(36)47-40)27-7-3-1-4-8-27/h1-26H. The first-order valence-electron chi connectivity index (χ1n) is 15.8. The average molecular weight is 625 g/mol. The summed E-state index contributed by atoms with van der Waals surface area (Å²) in [6, 6.07) is 49.8. The summed E-state index contributed by atoms with van der Waals surface area (Å²) >= 11 is 0. The molecule has 0 saturated heterocycles. The largest absolute Gasteiger partial charge is 0.458 e. The fourth-order valence-electron chi connectivity index (χ4n) is 6.86. The molecule has 2 heterocycles. The molecule has 6 heteroatoms. The Morgan fingerprint density at radius 3 is 1.27 bits per heavy atom.